The van der Waals surface area contributed by atoms with Gasteiger partial charge < -0.3 is 25.0 Å². The minimum atomic E-state index is -2.77. The highest BCUT2D eigenvalue weighted by atomic mass is 35.5. The van der Waals surface area contributed by atoms with Crippen LogP contribution in [0.4, 0.5) is 0 Å². The van der Waals surface area contributed by atoms with E-state index in [2.05, 4.69) is 4.98 Å². The largest absolute Gasteiger partial charge is 0.506 e. The van der Waals surface area contributed by atoms with Crippen molar-refractivity contribution in [2.24, 2.45) is 0 Å². The molecule has 4 heterocycles. The fourth-order valence-corrected chi connectivity index (χ4v) is 5.49. The summed E-state index contributed by atoms with van der Waals surface area (Å²) >= 11 is 12.3. The van der Waals surface area contributed by atoms with Crippen molar-refractivity contribution in [1.82, 2.24) is 14.5 Å². The Morgan fingerprint density at radius 2 is 1.79 bits per heavy atom. The van der Waals surface area contributed by atoms with Gasteiger partial charge in [-0.1, -0.05) is 23.2 Å². The summed E-state index contributed by atoms with van der Waals surface area (Å²) in [6, 6.07) is 7.48. The van der Waals surface area contributed by atoms with Gasteiger partial charge in [-0.15, -0.1) is 0 Å². The summed E-state index contributed by atoms with van der Waals surface area (Å²) < 4.78 is 6.76. The Bertz CT molecular complexity index is 1590. The number of amides is 2. The minimum Gasteiger partial charge on any atom is -0.506 e. The van der Waals surface area contributed by atoms with Gasteiger partial charge in [-0.05, 0) is 30.3 Å². The molecule has 0 aliphatic carbocycles. The van der Waals surface area contributed by atoms with Crippen LogP contribution in [0.15, 0.2) is 30.3 Å². The molecular weight excluding hydrogens is 473 g/mol. The summed E-state index contributed by atoms with van der Waals surface area (Å²) in [6.45, 7) is 0. The number of phenolic OH excluding ortho intramolecular Hbond substituents is 1. The molecule has 4 N–H and O–H groups in total. The van der Waals surface area contributed by atoms with Gasteiger partial charge in [0.1, 0.15) is 11.4 Å². The van der Waals surface area contributed by atoms with E-state index in [1.165, 1.54) is 32.4 Å². The Labute approximate surface area is 195 Å². The van der Waals surface area contributed by atoms with Gasteiger partial charge in [0.2, 0.25) is 5.60 Å². The van der Waals surface area contributed by atoms with E-state index in [1.54, 1.807) is 12.1 Å². The van der Waals surface area contributed by atoms with E-state index >= 15 is 0 Å². The highest BCUT2D eigenvalue weighted by Crippen LogP contribution is 2.59. The van der Waals surface area contributed by atoms with Crippen molar-refractivity contribution in [2.45, 2.75) is 11.3 Å². The summed E-state index contributed by atoms with van der Waals surface area (Å²) in [7, 11) is 2.57. The topological polar surface area (TPSA) is 128 Å². The van der Waals surface area contributed by atoms with Crippen molar-refractivity contribution >= 4 is 56.8 Å². The number of rotatable bonds is 1. The van der Waals surface area contributed by atoms with E-state index in [0.717, 1.165) is 4.57 Å². The first-order valence-electron chi connectivity index (χ1n) is 9.78. The number of aliphatic hydroxyl groups is 2. The molecule has 33 heavy (non-hydrogen) atoms. The molecule has 6 rings (SSSR count). The number of H-pyrrole nitrogens is 1. The number of nitrogens with zero attached hydrogens (tertiary/aromatic N) is 2. The molecule has 2 aromatic carbocycles. The highest BCUT2D eigenvalue weighted by molar-refractivity contribution is 6.33. The monoisotopic (exact) mass is 487 g/mol. The van der Waals surface area contributed by atoms with E-state index in [1.807, 2.05) is 0 Å². The van der Waals surface area contributed by atoms with Crippen LogP contribution in [-0.2, 0) is 20.9 Å². The van der Waals surface area contributed by atoms with Crippen LogP contribution in [-0.4, -0.2) is 55.7 Å². The van der Waals surface area contributed by atoms with Crippen LogP contribution < -0.4 is 4.74 Å². The van der Waals surface area contributed by atoms with Gasteiger partial charge in [0.15, 0.2) is 5.75 Å². The zero-order valence-electron chi connectivity index (χ0n) is 17.1. The van der Waals surface area contributed by atoms with Gasteiger partial charge in [0, 0.05) is 33.9 Å². The number of methoxy groups -OCH3 is 1. The number of carbonyl (C=O) groups is 2. The number of imide groups is 1. The van der Waals surface area contributed by atoms with Crippen LogP contribution in [0.2, 0.25) is 10.0 Å². The number of hydrogen-bond donors (Lipinski definition) is 4. The van der Waals surface area contributed by atoms with Gasteiger partial charge in [-0.2, -0.15) is 0 Å². The van der Waals surface area contributed by atoms with Gasteiger partial charge in [-0.25, -0.2) is 0 Å². The standard InChI is InChI=1S/C22H15Cl2N3O6/c1-26-19(29)21(31)15-9-5-8(23)3-4-12(9)25-16(15)17-18(33-2)10-6-14(28)11(24)7-13(10)27(17)22(21,32)20(26)30/h3-7,25,28,31-32H,1-2H3/t21-,22+/m1/s1. The molecule has 1 saturated heterocycles. The normalized spacial score (nSPS) is 23.9. The number of halogens is 2. The van der Waals surface area contributed by atoms with Crippen molar-refractivity contribution in [2.75, 3.05) is 14.2 Å². The molecule has 1 fully saturated rings. The number of aromatic hydroxyl groups is 1. The third kappa shape index (κ3) is 2.03. The summed E-state index contributed by atoms with van der Waals surface area (Å²) in [5.74, 6) is -2.10. The predicted octanol–water partition coefficient (Wildman–Crippen LogP) is 2.66. The Hall–Kier alpha value is -3.24. The molecule has 4 aromatic rings. The lowest BCUT2D eigenvalue weighted by molar-refractivity contribution is -0.193. The summed E-state index contributed by atoms with van der Waals surface area (Å²) in [5.41, 5.74) is -4.34. The fourth-order valence-electron chi connectivity index (χ4n) is 5.16. The van der Waals surface area contributed by atoms with Gasteiger partial charge in [0.25, 0.3) is 17.5 Å². The lowest BCUT2D eigenvalue weighted by atomic mass is 9.79. The van der Waals surface area contributed by atoms with Crippen LogP contribution in [0.3, 0.4) is 0 Å². The number of fused-ring (bicyclic) bond motifs is 10. The summed E-state index contributed by atoms with van der Waals surface area (Å²) in [6.07, 6.45) is 0. The minimum absolute atomic E-state index is 0.00544. The van der Waals surface area contributed by atoms with Crippen LogP contribution in [0.25, 0.3) is 33.2 Å². The number of likely N-dealkylation sites (N-methyl/N-ethyl adjacent to an activating group) is 1. The Morgan fingerprint density at radius 3 is 2.48 bits per heavy atom. The number of aromatic nitrogens is 2. The number of likely N-dealkylation sites (tertiary alicyclic amines) is 1. The Kier molecular flexibility index (Phi) is 3.71. The molecule has 0 saturated carbocycles. The quantitative estimate of drug-likeness (QED) is 0.305. The maximum absolute atomic E-state index is 13.4. The van der Waals surface area contributed by atoms with Crippen molar-refractivity contribution in [3.8, 4) is 22.9 Å². The molecule has 168 valence electrons. The van der Waals surface area contributed by atoms with Crippen LogP contribution in [0.5, 0.6) is 11.5 Å². The fraction of sp³-hybridized carbons (Fsp3) is 0.182. The van der Waals surface area contributed by atoms with E-state index in [4.69, 9.17) is 27.9 Å². The SMILES string of the molecule is COc1c2n(c3cc(Cl)c(O)cc13)[C@]1(O)C(=O)N(C)C(=O)[C@]1(O)c1c-2[nH]c2ccc(Cl)cc12. The van der Waals surface area contributed by atoms with Crippen LogP contribution in [0.1, 0.15) is 5.56 Å². The molecule has 11 heteroatoms. The first-order valence-corrected chi connectivity index (χ1v) is 10.5. The molecule has 9 nitrogen and oxygen atoms in total. The van der Waals surface area contributed by atoms with Crippen molar-refractivity contribution in [3.05, 3.63) is 45.9 Å². The molecular formula is C22H15Cl2N3O6. The van der Waals surface area contributed by atoms with Crippen LogP contribution >= 0.6 is 23.2 Å². The van der Waals surface area contributed by atoms with Gasteiger partial charge in [-0.3, -0.25) is 19.1 Å². The molecule has 0 unspecified atom stereocenters. The third-order valence-corrected chi connectivity index (χ3v) is 7.14. The summed E-state index contributed by atoms with van der Waals surface area (Å²) in [5, 5.41) is 35.1. The summed E-state index contributed by atoms with van der Waals surface area (Å²) in [4.78, 5) is 30.6. The highest BCUT2D eigenvalue weighted by Gasteiger charge is 2.74. The molecule has 0 bridgehead atoms. The second-order valence-electron chi connectivity index (χ2n) is 8.15. The number of aromatic amines is 1. The lowest BCUT2D eigenvalue weighted by Crippen LogP contribution is -2.58. The number of carbonyl (C=O) groups excluding carboxylic acids is 2. The van der Waals surface area contributed by atoms with Crippen molar-refractivity contribution < 1.29 is 29.6 Å². The molecule has 0 spiro atoms. The predicted molar refractivity (Wildman–Crippen MR) is 119 cm³/mol. The first-order chi connectivity index (χ1) is 15.6. The number of phenols is 1. The zero-order valence-corrected chi connectivity index (χ0v) is 18.6. The molecule has 2 aromatic heterocycles. The zero-order chi connectivity index (χ0) is 23.6. The van der Waals surface area contributed by atoms with E-state index in [0.29, 0.717) is 26.2 Å². The van der Waals surface area contributed by atoms with Crippen molar-refractivity contribution in [3.63, 3.8) is 0 Å². The third-order valence-electron chi connectivity index (χ3n) is 6.60. The molecule has 2 aliphatic heterocycles. The number of benzene rings is 2. The average Bonchev–Trinajstić information content (AvgIpc) is 3.35. The molecule has 2 amide bonds. The van der Waals surface area contributed by atoms with Crippen LogP contribution in [0, 0.1) is 0 Å². The number of nitrogens with one attached hydrogen (secondary N) is 1. The lowest BCUT2D eigenvalue weighted by Gasteiger charge is -2.40. The molecule has 2 atom stereocenters. The second-order valence-corrected chi connectivity index (χ2v) is 9.00. The van der Waals surface area contributed by atoms with E-state index < -0.39 is 23.1 Å². The Balaban J connectivity index is 1.93. The smallest absolute Gasteiger partial charge is 0.286 e. The maximum atomic E-state index is 13.4. The van der Waals surface area contributed by atoms with Gasteiger partial charge >= 0.3 is 0 Å². The van der Waals surface area contributed by atoms with E-state index in [9.17, 15) is 24.9 Å². The van der Waals surface area contributed by atoms with Gasteiger partial charge in [0.05, 0.1) is 23.3 Å². The molecule has 2 aliphatic rings. The maximum Gasteiger partial charge on any atom is 0.286 e. The number of hydrogen-bond acceptors (Lipinski definition) is 6. The average molecular weight is 488 g/mol. The second kappa shape index (κ2) is 6.00. The number of ether oxygens (including phenoxy) is 1. The molecule has 0 radical (unpaired) electrons. The first kappa shape index (κ1) is 20.4. The Morgan fingerprint density at radius 1 is 1.06 bits per heavy atom. The van der Waals surface area contributed by atoms with Crippen molar-refractivity contribution in [1.29, 1.82) is 0 Å². The van der Waals surface area contributed by atoms with E-state index in [-0.39, 0.29) is 39.0 Å².